The maximum atomic E-state index is 12.3. The lowest BCUT2D eigenvalue weighted by Gasteiger charge is -2.29. The smallest absolute Gasteiger partial charge is 0.296 e. The fourth-order valence-corrected chi connectivity index (χ4v) is 4.29. The molecule has 0 amide bonds. The molecule has 0 spiro atoms. The molecule has 11 heteroatoms. The molecule has 1 heterocycles. The first kappa shape index (κ1) is 23.6. The molecule has 1 N–H and O–H groups in total. The van der Waals surface area contributed by atoms with Crippen molar-refractivity contribution in [1.29, 1.82) is 0 Å². The second-order valence-electron chi connectivity index (χ2n) is 6.79. The minimum atomic E-state index is -3.87. The van der Waals surface area contributed by atoms with E-state index in [9.17, 15) is 13.5 Å². The molecule has 0 saturated carbocycles. The number of nitrogens with zero attached hydrogens (tertiary/aromatic N) is 3. The monoisotopic (exact) mass is 485 g/mol. The Bertz CT molecular complexity index is 1110. The van der Waals surface area contributed by atoms with Crippen LogP contribution in [-0.2, 0) is 31.4 Å². The number of aromatic nitrogens is 3. The fraction of sp³-hybridized carbons (Fsp3) is 0.300. The molecule has 0 bridgehead atoms. The highest BCUT2D eigenvalue weighted by Gasteiger charge is 2.34. The van der Waals surface area contributed by atoms with E-state index in [2.05, 4.69) is 10.1 Å². The average molecular weight is 486 g/mol. The summed E-state index contributed by atoms with van der Waals surface area (Å²) < 4.78 is 36.7. The van der Waals surface area contributed by atoms with Crippen LogP contribution in [0.4, 0.5) is 0 Å². The van der Waals surface area contributed by atoms with E-state index in [1.54, 1.807) is 24.3 Å². The van der Waals surface area contributed by atoms with Crippen LogP contribution in [0.15, 0.2) is 60.0 Å². The lowest BCUT2D eigenvalue weighted by Crippen LogP contribution is -2.36. The minimum absolute atomic E-state index is 0.00638. The molecule has 1 atom stereocenters. The van der Waals surface area contributed by atoms with Crippen LogP contribution in [0.5, 0.6) is 0 Å². The van der Waals surface area contributed by atoms with Crippen molar-refractivity contribution in [3.63, 3.8) is 0 Å². The van der Waals surface area contributed by atoms with Gasteiger partial charge in [0.25, 0.3) is 10.1 Å². The number of hydrogen-bond acceptors (Lipinski definition) is 7. The summed E-state index contributed by atoms with van der Waals surface area (Å²) >= 11 is 12.2. The van der Waals surface area contributed by atoms with E-state index < -0.39 is 15.9 Å². The molecular formula is C20H21Cl2N3O5S. The third kappa shape index (κ3) is 6.25. The Balaban J connectivity index is 1.63. The van der Waals surface area contributed by atoms with Crippen molar-refractivity contribution in [2.24, 2.45) is 0 Å². The van der Waals surface area contributed by atoms with Gasteiger partial charge in [0.05, 0.1) is 23.1 Å². The Labute approximate surface area is 190 Å². The summed E-state index contributed by atoms with van der Waals surface area (Å²) in [4.78, 5) is 3.93. The molecular weight excluding hydrogens is 465 g/mol. The normalized spacial score (nSPS) is 13.8. The summed E-state index contributed by atoms with van der Waals surface area (Å²) in [5, 5.41) is 15.8. The molecule has 3 aromatic rings. The van der Waals surface area contributed by atoms with E-state index in [0.717, 1.165) is 5.56 Å². The Morgan fingerprint density at radius 1 is 1.13 bits per heavy atom. The van der Waals surface area contributed by atoms with Gasteiger partial charge in [-0.15, -0.1) is 0 Å². The van der Waals surface area contributed by atoms with Crippen LogP contribution >= 0.6 is 23.2 Å². The molecule has 8 nitrogen and oxygen atoms in total. The van der Waals surface area contributed by atoms with Crippen molar-refractivity contribution in [3.8, 4) is 0 Å². The zero-order chi connectivity index (χ0) is 22.5. The van der Waals surface area contributed by atoms with Crippen LogP contribution in [-0.4, -0.2) is 41.5 Å². The molecule has 0 aliphatic carbocycles. The van der Waals surface area contributed by atoms with E-state index in [4.69, 9.17) is 32.1 Å². The first-order valence-corrected chi connectivity index (χ1v) is 11.5. The van der Waals surface area contributed by atoms with Gasteiger partial charge in [0.2, 0.25) is 5.79 Å². The third-order valence-electron chi connectivity index (χ3n) is 4.37. The van der Waals surface area contributed by atoms with Gasteiger partial charge < -0.3 is 9.84 Å². The van der Waals surface area contributed by atoms with Crippen molar-refractivity contribution in [2.75, 3.05) is 13.2 Å². The van der Waals surface area contributed by atoms with Crippen molar-refractivity contribution in [2.45, 2.75) is 30.6 Å². The van der Waals surface area contributed by atoms with Gasteiger partial charge in [-0.2, -0.15) is 13.5 Å². The summed E-state index contributed by atoms with van der Waals surface area (Å²) in [6.45, 7) is 1.65. The van der Waals surface area contributed by atoms with Crippen molar-refractivity contribution >= 4 is 33.3 Å². The van der Waals surface area contributed by atoms with Gasteiger partial charge in [0.1, 0.15) is 19.2 Å². The Morgan fingerprint density at radius 3 is 2.52 bits per heavy atom. The number of halogens is 2. The zero-order valence-corrected chi connectivity index (χ0v) is 18.9. The highest BCUT2D eigenvalue weighted by molar-refractivity contribution is 7.86. The first-order valence-electron chi connectivity index (χ1n) is 9.30. The van der Waals surface area contributed by atoms with Crippen molar-refractivity contribution in [1.82, 2.24) is 14.8 Å². The molecule has 31 heavy (non-hydrogen) atoms. The molecule has 1 unspecified atom stereocenters. The molecule has 166 valence electrons. The standard InChI is InChI=1S/C20H21Cl2N3O5S/c1-15-3-6-17(7-4-15)31(27,28)30-10-2-9-29-20(26,12-25-14-23-13-24-25)18-8-5-16(21)11-19(18)22/h3-8,11,13-14,26H,2,9-10,12H2,1H3. The highest BCUT2D eigenvalue weighted by atomic mass is 35.5. The van der Waals surface area contributed by atoms with E-state index in [0.29, 0.717) is 10.6 Å². The van der Waals surface area contributed by atoms with Crippen LogP contribution in [0.3, 0.4) is 0 Å². The maximum Gasteiger partial charge on any atom is 0.296 e. The van der Waals surface area contributed by atoms with Crippen LogP contribution in [0.25, 0.3) is 0 Å². The van der Waals surface area contributed by atoms with Crippen LogP contribution in [0.2, 0.25) is 10.0 Å². The zero-order valence-electron chi connectivity index (χ0n) is 16.6. The summed E-state index contributed by atoms with van der Waals surface area (Å²) in [7, 11) is -3.87. The second kappa shape index (κ2) is 10.1. The summed E-state index contributed by atoms with van der Waals surface area (Å²) in [5.41, 5.74) is 1.24. The number of ether oxygens (including phenoxy) is 1. The van der Waals surface area contributed by atoms with E-state index in [-0.39, 0.29) is 36.1 Å². The molecule has 0 radical (unpaired) electrons. The first-order chi connectivity index (χ1) is 14.7. The number of hydrogen-bond donors (Lipinski definition) is 1. The molecule has 3 rings (SSSR count). The molecule has 2 aromatic carbocycles. The largest absolute Gasteiger partial charge is 0.360 e. The number of benzene rings is 2. The molecule has 0 aliphatic heterocycles. The van der Waals surface area contributed by atoms with Crippen molar-refractivity contribution in [3.05, 3.63) is 76.3 Å². The highest BCUT2D eigenvalue weighted by Crippen LogP contribution is 2.33. The predicted molar refractivity (Wildman–Crippen MR) is 115 cm³/mol. The second-order valence-corrected chi connectivity index (χ2v) is 9.25. The SMILES string of the molecule is Cc1ccc(S(=O)(=O)OCCCOC(O)(Cn2cncn2)c2ccc(Cl)cc2Cl)cc1. The number of aryl methyl sites for hydroxylation is 1. The van der Waals surface area contributed by atoms with E-state index in [1.807, 2.05) is 6.92 Å². The van der Waals surface area contributed by atoms with Gasteiger partial charge in [0.15, 0.2) is 0 Å². The molecule has 1 aromatic heterocycles. The van der Waals surface area contributed by atoms with Gasteiger partial charge >= 0.3 is 0 Å². The minimum Gasteiger partial charge on any atom is -0.360 e. The van der Waals surface area contributed by atoms with Crippen LogP contribution < -0.4 is 0 Å². The molecule has 0 saturated heterocycles. The Hall–Kier alpha value is -2.01. The van der Waals surface area contributed by atoms with Crippen LogP contribution in [0.1, 0.15) is 17.5 Å². The van der Waals surface area contributed by atoms with Crippen molar-refractivity contribution < 1.29 is 22.4 Å². The summed E-state index contributed by atoms with van der Waals surface area (Å²) in [6, 6.07) is 11.0. The lowest BCUT2D eigenvalue weighted by atomic mass is 10.1. The average Bonchev–Trinajstić information content (AvgIpc) is 3.20. The molecule has 0 aliphatic rings. The topological polar surface area (TPSA) is 104 Å². The lowest BCUT2D eigenvalue weighted by molar-refractivity contribution is -0.223. The number of rotatable bonds is 10. The van der Waals surface area contributed by atoms with Crippen LogP contribution in [0, 0.1) is 6.92 Å². The molecule has 0 fully saturated rings. The summed E-state index contributed by atoms with van der Waals surface area (Å²) in [6.07, 6.45) is 2.96. The fourth-order valence-electron chi connectivity index (χ4n) is 2.79. The van der Waals surface area contributed by atoms with Gasteiger partial charge in [-0.05, 0) is 37.6 Å². The number of aliphatic hydroxyl groups is 1. The predicted octanol–water partition coefficient (Wildman–Crippen LogP) is 3.55. The quantitative estimate of drug-likeness (QED) is 0.266. The van der Waals surface area contributed by atoms with Gasteiger partial charge in [-0.25, -0.2) is 9.67 Å². The van der Waals surface area contributed by atoms with Gasteiger partial charge in [0, 0.05) is 10.6 Å². The Morgan fingerprint density at radius 2 is 1.87 bits per heavy atom. The summed E-state index contributed by atoms with van der Waals surface area (Å²) in [5.74, 6) is -1.84. The van der Waals surface area contributed by atoms with Gasteiger partial charge in [-0.1, -0.05) is 47.0 Å². The van der Waals surface area contributed by atoms with E-state index >= 15 is 0 Å². The third-order valence-corrected chi connectivity index (χ3v) is 6.25. The van der Waals surface area contributed by atoms with E-state index in [1.165, 1.54) is 35.5 Å². The Kier molecular flexibility index (Phi) is 7.68. The maximum absolute atomic E-state index is 12.3. The van der Waals surface area contributed by atoms with Gasteiger partial charge in [-0.3, -0.25) is 4.18 Å².